The molecule has 0 unspecified atom stereocenters. The number of ether oxygens (including phenoxy) is 2. The van der Waals surface area contributed by atoms with Crippen molar-refractivity contribution in [2.45, 2.75) is 5.22 Å². The molecule has 3 rings (SSSR count). The number of amides is 2. The Balaban J connectivity index is 1.49. The first-order valence-electron chi connectivity index (χ1n) is 8.45. The molecule has 0 aliphatic carbocycles. The molecule has 0 saturated heterocycles. The fourth-order valence-electron chi connectivity index (χ4n) is 2.23. The number of carbonyl (C=O) groups is 2. The first-order chi connectivity index (χ1) is 14.0. The number of nitrogens with zero attached hydrogens (tertiary/aromatic N) is 2. The van der Waals surface area contributed by atoms with Crippen LogP contribution in [0.1, 0.15) is 0 Å². The maximum atomic E-state index is 12.1. The molecule has 9 nitrogen and oxygen atoms in total. The van der Waals surface area contributed by atoms with Crippen LogP contribution in [0.2, 0.25) is 0 Å². The Morgan fingerprint density at radius 3 is 2.41 bits per heavy atom. The van der Waals surface area contributed by atoms with Gasteiger partial charge in [0.1, 0.15) is 11.5 Å². The average Bonchev–Trinajstić information content (AvgIpc) is 3.21. The third-order valence-electron chi connectivity index (χ3n) is 3.59. The van der Waals surface area contributed by atoms with Crippen LogP contribution in [-0.2, 0) is 9.59 Å². The van der Waals surface area contributed by atoms with Crippen LogP contribution in [0.4, 0.5) is 5.69 Å². The maximum absolute atomic E-state index is 12.1. The molecule has 29 heavy (non-hydrogen) atoms. The summed E-state index contributed by atoms with van der Waals surface area (Å²) in [6.45, 7) is -0.203. The number of benzene rings is 2. The molecule has 0 aliphatic heterocycles. The molecule has 1 heterocycles. The van der Waals surface area contributed by atoms with Gasteiger partial charge in [0.2, 0.25) is 11.8 Å². The van der Waals surface area contributed by atoms with Crippen LogP contribution in [0.3, 0.4) is 0 Å². The van der Waals surface area contributed by atoms with E-state index in [1.807, 2.05) is 12.1 Å². The molecule has 1 aromatic heterocycles. The van der Waals surface area contributed by atoms with Gasteiger partial charge in [-0.2, -0.15) is 0 Å². The van der Waals surface area contributed by atoms with E-state index in [9.17, 15) is 9.59 Å². The summed E-state index contributed by atoms with van der Waals surface area (Å²) >= 11 is 1.13. The van der Waals surface area contributed by atoms with Gasteiger partial charge in [0.05, 0.1) is 12.9 Å². The van der Waals surface area contributed by atoms with E-state index in [0.29, 0.717) is 22.6 Å². The molecule has 2 amide bonds. The summed E-state index contributed by atoms with van der Waals surface area (Å²) in [5.74, 6) is 0.882. The minimum Gasteiger partial charge on any atom is -0.497 e. The van der Waals surface area contributed by atoms with Crippen molar-refractivity contribution in [3.05, 3.63) is 48.5 Å². The van der Waals surface area contributed by atoms with Gasteiger partial charge in [-0.3, -0.25) is 9.59 Å². The summed E-state index contributed by atoms with van der Waals surface area (Å²) in [5, 5.41) is 11.0. The highest BCUT2D eigenvalue weighted by Crippen LogP contribution is 2.25. The van der Waals surface area contributed by atoms with E-state index in [-0.39, 0.29) is 18.3 Å². The van der Waals surface area contributed by atoms with E-state index in [0.717, 1.165) is 23.1 Å². The number of hydrogen-bond acceptors (Lipinski definition) is 8. The number of anilines is 1. The molecule has 2 aromatic carbocycles. The molecule has 0 atom stereocenters. The predicted octanol–water partition coefficient (Wildman–Crippen LogP) is 2.34. The fraction of sp³-hybridized carbons (Fsp3) is 0.158. The number of primary amides is 1. The summed E-state index contributed by atoms with van der Waals surface area (Å²) in [5.41, 5.74) is 6.37. The van der Waals surface area contributed by atoms with Gasteiger partial charge in [-0.1, -0.05) is 11.8 Å². The zero-order valence-electron chi connectivity index (χ0n) is 15.5. The normalized spacial score (nSPS) is 10.4. The smallest absolute Gasteiger partial charge is 0.277 e. The van der Waals surface area contributed by atoms with Gasteiger partial charge in [-0.15, -0.1) is 10.2 Å². The lowest BCUT2D eigenvalue weighted by atomic mass is 10.2. The Hall–Kier alpha value is -3.53. The van der Waals surface area contributed by atoms with E-state index in [2.05, 4.69) is 15.5 Å². The third-order valence-corrected chi connectivity index (χ3v) is 4.41. The highest BCUT2D eigenvalue weighted by molar-refractivity contribution is 7.99. The number of methoxy groups -OCH3 is 1. The number of rotatable bonds is 9. The van der Waals surface area contributed by atoms with Crippen molar-refractivity contribution in [1.82, 2.24) is 10.2 Å². The molecule has 0 fully saturated rings. The van der Waals surface area contributed by atoms with Crippen LogP contribution < -0.4 is 20.5 Å². The van der Waals surface area contributed by atoms with E-state index < -0.39 is 5.91 Å². The van der Waals surface area contributed by atoms with Crippen molar-refractivity contribution in [2.24, 2.45) is 5.73 Å². The SMILES string of the molecule is COc1ccc(-c2nnc(SCC(=O)Nc3ccc(OCC(N)=O)cc3)o2)cc1. The summed E-state index contributed by atoms with van der Waals surface area (Å²) in [7, 11) is 1.59. The van der Waals surface area contributed by atoms with Crippen molar-refractivity contribution >= 4 is 29.3 Å². The maximum Gasteiger partial charge on any atom is 0.277 e. The van der Waals surface area contributed by atoms with E-state index in [1.54, 1.807) is 43.5 Å². The lowest BCUT2D eigenvalue weighted by Gasteiger charge is -2.06. The standard InChI is InChI=1S/C19H18N4O5S/c1-26-14-6-2-12(3-7-14)18-22-23-19(28-18)29-11-17(25)21-13-4-8-15(9-5-13)27-10-16(20)24/h2-9H,10-11H2,1H3,(H2,20,24)(H,21,25). The minimum atomic E-state index is -0.560. The monoisotopic (exact) mass is 414 g/mol. The Labute approximate surface area is 170 Å². The van der Waals surface area contributed by atoms with Crippen LogP contribution >= 0.6 is 11.8 Å². The van der Waals surface area contributed by atoms with Crippen molar-refractivity contribution in [1.29, 1.82) is 0 Å². The highest BCUT2D eigenvalue weighted by Gasteiger charge is 2.12. The number of hydrogen-bond donors (Lipinski definition) is 2. The van der Waals surface area contributed by atoms with Crippen LogP contribution in [0.25, 0.3) is 11.5 Å². The number of aromatic nitrogens is 2. The lowest BCUT2D eigenvalue weighted by molar-refractivity contribution is -0.120. The first-order valence-corrected chi connectivity index (χ1v) is 9.44. The molecular weight excluding hydrogens is 396 g/mol. The van der Waals surface area contributed by atoms with Crippen LogP contribution in [0.5, 0.6) is 11.5 Å². The second-order valence-electron chi connectivity index (χ2n) is 5.72. The molecular formula is C19H18N4O5S. The van der Waals surface area contributed by atoms with Crippen LogP contribution in [-0.4, -0.2) is 41.5 Å². The number of nitrogens with two attached hydrogens (primary N) is 1. The van der Waals surface area contributed by atoms with Crippen molar-refractivity contribution in [2.75, 3.05) is 24.8 Å². The fourth-order valence-corrected chi connectivity index (χ4v) is 2.79. The van der Waals surface area contributed by atoms with Gasteiger partial charge in [0.25, 0.3) is 11.1 Å². The number of nitrogens with one attached hydrogen (secondary N) is 1. The average molecular weight is 414 g/mol. The van der Waals surface area contributed by atoms with E-state index in [4.69, 9.17) is 19.6 Å². The molecule has 0 spiro atoms. The Morgan fingerprint density at radius 2 is 1.76 bits per heavy atom. The molecule has 3 aromatic rings. The quantitative estimate of drug-likeness (QED) is 0.510. The molecule has 150 valence electrons. The van der Waals surface area contributed by atoms with Gasteiger partial charge < -0.3 is 24.9 Å². The van der Waals surface area contributed by atoms with Gasteiger partial charge in [-0.05, 0) is 48.5 Å². The summed E-state index contributed by atoms with van der Waals surface area (Å²) < 4.78 is 15.8. The zero-order valence-corrected chi connectivity index (χ0v) is 16.3. The molecule has 10 heteroatoms. The van der Waals surface area contributed by atoms with Crippen molar-refractivity contribution < 1.29 is 23.5 Å². The van der Waals surface area contributed by atoms with E-state index in [1.165, 1.54) is 0 Å². The summed E-state index contributed by atoms with van der Waals surface area (Å²) in [4.78, 5) is 22.8. The molecule has 0 bridgehead atoms. The van der Waals surface area contributed by atoms with Gasteiger partial charge in [0.15, 0.2) is 6.61 Å². The van der Waals surface area contributed by atoms with Gasteiger partial charge >= 0.3 is 0 Å². The largest absolute Gasteiger partial charge is 0.497 e. The molecule has 0 radical (unpaired) electrons. The van der Waals surface area contributed by atoms with Gasteiger partial charge in [0, 0.05) is 11.3 Å². The second kappa shape index (κ2) is 9.60. The first kappa shape index (κ1) is 20.2. The second-order valence-corrected chi connectivity index (χ2v) is 6.64. The third kappa shape index (κ3) is 5.98. The summed E-state index contributed by atoms with van der Waals surface area (Å²) in [6, 6.07) is 13.8. The van der Waals surface area contributed by atoms with E-state index >= 15 is 0 Å². The Bertz CT molecular complexity index is 973. The molecule has 3 N–H and O–H groups in total. The molecule has 0 aliphatic rings. The molecule has 0 saturated carbocycles. The summed E-state index contributed by atoms with van der Waals surface area (Å²) in [6.07, 6.45) is 0. The Kier molecular flexibility index (Phi) is 6.69. The Morgan fingerprint density at radius 1 is 1.07 bits per heavy atom. The predicted molar refractivity (Wildman–Crippen MR) is 107 cm³/mol. The highest BCUT2D eigenvalue weighted by atomic mass is 32.2. The number of thioether (sulfide) groups is 1. The van der Waals surface area contributed by atoms with Crippen LogP contribution in [0, 0.1) is 0 Å². The van der Waals surface area contributed by atoms with Crippen molar-refractivity contribution in [3.8, 4) is 23.0 Å². The minimum absolute atomic E-state index is 0.101. The number of carbonyl (C=O) groups excluding carboxylic acids is 2. The zero-order chi connectivity index (χ0) is 20.6. The lowest BCUT2D eigenvalue weighted by Crippen LogP contribution is -2.20. The van der Waals surface area contributed by atoms with Gasteiger partial charge in [-0.25, -0.2) is 0 Å². The topological polar surface area (TPSA) is 130 Å². The van der Waals surface area contributed by atoms with Crippen molar-refractivity contribution in [3.63, 3.8) is 0 Å². The van der Waals surface area contributed by atoms with Crippen LogP contribution in [0.15, 0.2) is 58.2 Å².